The molecule has 6 nitrogen and oxygen atoms in total. The van der Waals surface area contributed by atoms with E-state index in [1.54, 1.807) is 19.2 Å². The quantitative estimate of drug-likeness (QED) is 0.341. The van der Waals surface area contributed by atoms with Gasteiger partial charge in [0.1, 0.15) is 5.82 Å². The fourth-order valence-corrected chi connectivity index (χ4v) is 5.50. The third-order valence-corrected chi connectivity index (χ3v) is 7.66. The molecule has 10 heteroatoms. The van der Waals surface area contributed by atoms with E-state index < -0.39 is 34.8 Å². The van der Waals surface area contributed by atoms with Crippen molar-refractivity contribution in [2.75, 3.05) is 5.32 Å². The van der Waals surface area contributed by atoms with E-state index in [1.165, 1.54) is 12.5 Å². The van der Waals surface area contributed by atoms with Crippen molar-refractivity contribution in [2.45, 2.75) is 69.5 Å². The molecule has 200 valence electrons. The molecule has 0 bridgehead atoms. The van der Waals surface area contributed by atoms with Crippen LogP contribution >= 0.6 is 0 Å². The number of benzene rings is 2. The number of aryl methyl sites for hydroxylation is 1. The smallest absolute Gasteiger partial charge is 0.416 e. The van der Waals surface area contributed by atoms with Crippen molar-refractivity contribution < 1.29 is 32.3 Å². The number of carboxylic acids is 1. The van der Waals surface area contributed by atoms with Gasteiger partial charge in [0.2, 0.25) is 5.91 Å². The number of hydrogen-bond acceptors (Lipinski definition) is 3. The number of hydrogen-bond donors (Lipinski definition) is 2. The minimum atomic E-state index is -4.70. The molecule has 0 spiro atoms. The molecule has 1 amide bonds. The molecule has 2 aliphatic carbocycles. The number of halogens is 4. The molecule has 2 aliphatic rings. The molecule has 0 saturated heterocycles. The summed E-state index contributed by atoms with van der Waals surface area (Å²) in [6.45, 7) is 1.73. The minimum Gasteiger partial charge on any atom is -0.478 e. The van der Waals surface area contributed by atoms with Gasteiger partial charge >= 0.3 is 12.1 Å². The molecule has 38 heavy (non-hydrogen) atoms. The predicted octanol–water partition coefficient (Wildman–Crippen LogP) is 6.89. The molecule has 0 atom stereocenters. The van der Waals surface area contributed by atoms with Gasteiger partial charge in [0.05, 0.1) is 28.8 Å². The Morgan fingerprint density at radius 1 is 1.11 bits per heavy atom. The van der Waals surface area contributed by atoms with Gasteiger partial charge in [0, 0.05) is 28.6 Å². The summed E-state index contributed by atoms with van der Waals surface area (Å²) in [5, 5.41) is 17.1. The summed E-state index contributed by atoms with van der Waals surface area (Å²) in [6, 6.07) is 5.44. The van der Waals surface area contributed by atoms with E-state index in [9.17, 15) is 32.3 Å². The van der Waals surface area contributed by atoms with Gasteiger partial charge < -0.3 is 10.4 Å². The molecule has 1 heterocycles. The number of aromatic carboxylic acids is 1. The van der Waals surface area contributed by atoms with E-state index >= 15 is 0 Å². The van der Waals surface area contributed by atoms with Crippen molar-refractivity contribution in [1.82, 2.24) is 9.78 Å². The first-order valence-electron chi connectivity index (χ1n) is 12.6. The highest BCUT2D eigenvalue weighted by Crippen LogP contribution is 2.50. The first-order chi connectivity index (χ1) is 18.0. The largest absolute Gasteiger partial charge is 0.478 e. The molecule has 2 saturated carbocycles. The van der Waals surface area contributed by atoms with Crippen molar-refractivity contribution in [1.29, 1.82) is 0 Å². The van der Waals surface area contributed by atoms with E-state index in [1.807, 2.05) is 10.9 Å². The highest BCUT2D eigenvalue weighted by Gasteiger charge is 2.53. The number of carboxylic acid groups (broad SMARTS) is 1. The number of alkyl halides is 3. The van der Waals surface area contributed by atoms with Crippen LogP contribution in [0.1, 0.15) is 78.0 Å². The summed E-state index contributed by atoms with van der Waals surface area (Å²) in [5.74, 6) is -2.87. The van der Waals surface area contributed by atoms with Gasteiger partial charge in [-0.1, -0.05) is 25.3 Å². The number of carbonyl (C=O) groups excluding carboxylic acids is 1. The van der Waals surface area contributed by atoms with E-state index in [4.69, 9.17) is 0 Å². The standard InChI is InChI=1S/C28H27F4N3O3/c1-16-11-19(34-26(38)27(9-10-27)22-8-7-18(12-23(22)29)28(30,31)32)13-21(25(36)37)24(16)17-14-33-35(15-17)20-5-3-2-4-6-20/h7-8,11-15,20H,2-6,9-10H2,1H3,(H,34,38)(H,36,37). The molecule has 0 radical (unpaired) electrons. The van der Waals surface area contributed by atoms with Crippen LogP contribution in [-0.4, -0.2) is 26.8 Å². The van der Waals surface area contributed by atoms with Crippen LogP contribution in [0.4, 0.5) is 23.2 Å². The van der Waals surface area contributed by atoms with Crippen LogP contribution in [0.5, 0.6) is 0 Å². The fourth-order valence-electron chi connectivity index (χ4n) is 5.50. The van der Waals surface area contributed by atoms with Gasteiger partial charge in [-0.15, -0.1) is 0 Å². The van der Waals surface area contributed by atoms with Crippen LogP contribution in [0, 0.1) is 12.7 Å². The molecule has 0 unspecified atom stereocenters. The average molecular weight is 530 g/mol. The van der Waals surface area contributed by atoms with Crippen LogP contribution in [0.3, 0.4) is 0 Å². The highest BCUT2D eigenvalue weighted by molar-refractivity contribution is 6.04. The summed E-state index contributed by atoms with van der Waals surface area (Å²) in [5.41, 5.74) is -0.578. The van der Waals surface area contributed by atoms with Crippen LogP contribution in [0.25, 0.3) is 11.1 Å². The second kappa shape index (κ2) is 9.56. The lowest BCUT2D eigenvalue weighted by molar-refractivity contribution is -0.137. The van der Waals surface area contributed by atoms with Gasteiger partial charge in [-0.3, -0.25) is 9.48 Å². The molecular formula is C28H27F4N3O3. The van der Waals surface area contributed by atoms with E-state index in [0.29, 0.717) is 22.8 Å². The summed E-state index contributed by atoms with van der Waals surface area (Å²) >= 11 is 0. The molecule has 1 aromatic heterocycles. The Morgan fingerprint density at radius 3 is 2.42 bits per heavy atom. The van der Waals surface area contributed by atoms with Gasteiger partial charge in [0.15, 0.2) is 0 Å². The normalized spacial score (nSPS) is 17.3. The van der Waals surface area contributed by atoms with Crippen LogP contribution in [-0.2, 0) is 16.4 Å². The Morgan fingerprint density at radius 2 is 1.82 bits per heavy atom. The van der Waals surface area contributed by atoms with Gasteiger partial charge in [-0.25, -0.2) is 9.18 Å². The number of nitrogens with one attached hydrogen (secondary N) is 1. The molecule has 2 aromatic carbocycles. The minimum absolute atomic E-state index is 0.0194. The number of rotatable bonds is 6. The summed E-state index contributed by atoms with van der Waals surface area (Å²) in [7, 11) is 0. The van der Waals surface area contributed by atoms with Crippen molar-refractivity contribution in [2.24, 2.45) is 0 Å². The predicted molar refractivity (Wildman–Crippen MR) is 132 cm³/mol. The second-order valence-electron chi connectivity index (χ2n) is 10.3. The Labute approximate surface area is 216 Å². The Bertz CT molecular complexity index is 1400. The Kier molecular flexibility index (Phi) is 6.53. The number of aromatic nitrogens is 2. The lowest BCUT2D eigenvalue weighted by Crippen LogP contribution is -2.29. The fraction of sp³-hybridized carbons (Fsp3) is 0.393. The lowest BCUT2D eigenvalue weighted by Gasteiger charge is -2.21. The number of amides is 1. The number of anilines is 1. The lowest BCUT2D eigenvalue weighted by atomic mass is 9.92. The first kappa shape index (κ1) is 25.9. The van der Waals surface area contributed by atoms with E-state index in [0.717, 1.165) is 37.8 Å². The van der Waals surface area contributed by atoms with Crippen molar-refractivity contribution in [3.05, 3.63) is 70.8 Å². The van der Waals surface area contributed by atoms with Crippen molar-refractivity contribution in [3.8, 4) is 11.1 Å². The van der Waals surface area contributed by atoms with Gasteiger partial charge in [0.25, 0.3) is 0 Å². The SMILES string of the molecule is Cc1cc(NC(=O)C2(c3ccc(C(F)(F)F)cc3F)CC2)cc(C(=O)O)c1-c1cnn(C2CCCCC2)c1. The zero-order valence-corrected chi connectivity index (χ0v) is 20.7. The zero-order chi connectivity index (χ0) is 27.2. The Hall–Kier alpha value is -3.69. The third-order valence-electron chi connectivity index (χ3n) is 7.66. The summed E-state index contributed by atoms with van der Waals surface area (Å²) in [6.07, 6.45) is 4.86. The Balaban J connectivity index is 1.42. The average Bonchev–Trinajstić information content (AvgIpc) is 3.53. The van der Waals surface area contributed by atoms with Crippen LogP contribution in [0.2, 0.25) is 0 Å². The van der Waals surface area contributed by atoms with Crippen molar-refractivity contribution in [3.63, 3.8) is 0 Å². The molecule has 3 aromatic rings. The third kappa shape index (κ3) is 4.79. The van der Waals surface area contributed by atoms with E-state index in [2.05, 4.69) is 10.4 Å². The van der Waals surface area contributed by atoms with Gasteiger partial charge in [-0.2, -0.15) is 18.3 Å². The maximum absolute atomic E-state index is 14.7. The topological polar surface area (TPSA) is 84.2 Å². The van der Waals surface area contributed by atoms with Gasteiger partial charge in [-0.05, 0) is 62.4 Å². The molecule has 0 aliphatic heterocycles. The molecule has 2 N–H and O–H groups in total. The highest BCUT2D eigenvalue weighted by atomic mass is 19.4. The van der Waals surface area contributed by atoms with Crippen molar-refractivity contribution >= 4 is 17.6 Å². The monoisotopic (exact) mass is 529 g/mol. The molecule has 2 fully saturated rings. The summed E-state index contributed by atoms with van der Waals surface area (Å²) in [4.78, 5) is 25.4. The molecular weight excluding hydrogens is 502 g/mol. The maximum atomic E-state index is 14.7. The maximum Gasteiger partial charge on any atom is 0.416 e. The van der Waals surface area contributed by atoms with E-state index in [-0.39, 0.29) is 35.7 Å². The first-order valence-corrected chi connectivity index (χ1v) is 12.6. The number of nitrogens with zero attached hydrogens (tertiary/aromatic N) is 2. The second-order valence-corrected chi connectivity index (χ2v) is 10.3. The molecule has 5 rings (SSSR count). The summed E-state index contributed by atoms with van der Waals surface area (Å²) < 4.78 is 55.4. The number of carbonyl (C=O) groups is 2. The van der Waals surface area contributed by atoms with Crippen LogP contribution in [0.15, 0.2) is 42.7 Å². The van der Waals surface area contributed by atoms with Crippen LogP contribution < -0.4 is 5.32 Å². The zero-order valence-electron chi connectivity index (χ0n) is 20.7.